The molecule has 104 valence electrons. The van der Waals surface area contributed by atoms with Gasteiger partial charge in [-0.1, -0.05) is 29.8 Å². The number of aromatic carboxylic acids is 1. The summed E-state index contributed by atoms with van der Waals surface area (Å²) in [7, 11) is 0. The second-order valence-corrected chi connectivity index (χ2v) is 5.43. The normalized spacial score (nSPS) is 10.8. The molecule has 0 bridgehead atoms. The van der Waals surface area contributed by atoms with Crippen molar-refractivity contribution in [2.24, 2.45) is 0 Å². The van der Waals surface area contributed by atoms with Gasteiger partial charge in [0.2, 0.25) is 0 Å². The van der Waals surface area contributed by atoms with Crippen molar-refractivity contribution >= 4 is 21.9 Å². The van der Waals surface area contributed by atoms with Crippen LogP contribution in [0.5, 0.6) is 0 Å². The van der Waals surface area contributed by atoms with Crippen LogP contribution in [-0.2, 0) is 0 Å². The number of rotatable bonds is 3. The number of hydrogen-bond donors (Lipinski definition) is 1. The maximum absolute atomic E-state index is 13.3. The highest BCUT2D eigenvalue weighted by Crippen LogP contribution is 2.28. The summed E-state index contributed by atoms with van der Waals surface area (Å²) in [6.07, 6.45) is 1.26. The highest BCUT2D eigenvalue weighted by molar-refractivity contribution is 9.10. The molecule has 1 N–H and O–H groups in total. The third-order valence-electron chi connectivity index (χ3n) is 2.76. The average Bonchev–Trinajstić information content (AvgIpc) is 2.40. The van der Waals surface area contributed by atoms with Crippen LogP contribution in [0.1, 0.15) is 35.8 Å². The lowest BCUT2D eigenvalue weighted by Crippen LogP contribution is -2.09. The molecule has 0 saturated carbocycles. The summed E-state index contributed by atoms with van der Waals surface area (Å²) in [6, 6.07) is 4.20. The number of carbonyl (C=O) groups is 1. The molecule has 0 aliphatic rings. The van der Waals surface area contributed by atoms with Gasteiger partial charge in [-0.3, -0.25) is 0 Å². The summed E-state index contributed by atoms with van der Waals surface area (Å²) in [6.45, 7) is 3.69. The Bertz CT molecular complexity index is 674. The van der Waals surface area contributed by atoms with E-state index in [9.17, 15) is 9.18 Å². The highest BCUT2D eigenvalue weighted by Gasteiger charge is 2.18. The van der Waals surface area contributed by atoms with Crippen molar-refractivity contribution in [2.45, 2.75) is 19.8 Å². The van der Waals surface area contributed by atoms with E-state index < -0.39 is 11.8 Å². The first-order valence-corrected chi connectivity index (χ1v) is 6.75. The van der Waals surface area contributed by atoms with Gasteiger partial charge in [-0.2, -0.15) is 0 Å². The zero-order chi connectivity index (χ0) is 14.9. The Balaban J connectivity index is 2.62. The number of hydrogen-bond acceptors (Lipinski definition) is 3. The predicted molar refractivity (Wildman–Crippen MR) is 76.2 cm³/mol. The molecule has 2 aromatic rings. The van der Waals surface area contributed by atoms with E-state index in [1.807, 2.05) is 13.8 Å². The van der Waals surface area contributed by atoms with Gasteiger partial charge in [0.15, 0.2) is 5.82 Å². The zero-order valence-corrected chi connectivity index (χ0v) is 12.5. The van der Waals surface area contributed by atoms with Gasteiger partial charge < -0.3 is 5.11 Å². The van der Waals surface area contributed by atoms with E-state index >= 15 is 0 Å². The quantitative estimate of drug-likeness (QED) is 0.922. The molecule has 0 amide bonds. The Labute approximate surface area is 123 Å². The van der Waals surface area contributed by atoms with Crippen LogP contribution in [0.25, 0.3) is 11.4 Å². The third-order valence-corrected chi connectivity index (χ3v) is 3.46. The number of carboxylic acid groups (broad SMARTS) is 1. The molecular weight excluding hydrogens is 327 g/mol. The molecule has 6 heteroatoms. The molecule has 20 heavy (non-hydrogen) atoms. The van der Waals surface area contributed by atoms with Gasteiger partial charge in [0.25, 0.3) is 0 Å². The fourth-order valence-electron chi connectivity index (χ4n) is 1.80. The molecule has 0 spiro atoms. The van der Waals surface area contributed by atoms with Crippen molar-refractivity contribution in [2.75, 3.05) is 0 Å². The number of carboxylic acids is 1. The third kappa shape index (κ3) is 2.85. The Kier molecular flexibility index (Phi) is 4.13. The van der Waals surface area contributed by atoms with E-state index in [0.29, 0.717) is 21.6 Å². The second-order valence-electron chi connectivity index (χ2n) is 4.58. The monoisotopic (exact) mass is 338 g/mol. The Morgan fingerprint density at radius 3 is 2.70 bits per heavy atom. The van der Waals surface area contributed by atoms with Crippen LogP contribution in [-0.4, -0.2) is 21.0 Å². The lowest BCUT2D eigenvalue weighted by atomic mass is 10.0. The van der Waals surface area contributed by atoms with Crippen LogP contribution < -0.4 is 0 Å². The largest absolute Gasteiger partial charge is 0.478 e. The van der Waals surface area contributed by atoms with Crippen molar-refractivity contribution < 1.29 is 14.3 Å². The van der Waals surface area contributed by atoms with Gasteiger partial charge in [-0.25, -0.2) is 19.2 Å². The van der Waals surface area contributed by atoms with Gasteiger partial charge >= 0.3 is 5.97 Å². The summed E-state index contributed by atoms with van der Waals surface area (Å²) in [4.78, 5) is 19.4. The molecule has 0 radical (unpaired) electrons. The number of nitrogens with zero attached hydrogens (tertiary/aromatic N) is 2. The minimum absolute atomic E-state index is 0.0660. The topological polar surface area (TPSA) is 63.1 Å². The highest BCUT2D eigenvalue weighted by atomic mass is 79.9. The SMILES string of the molecule is CC(C)c1nc(-c2cc(F)ccc2Br)ncc1C(=O)O. The molecule has 0 aliphatic carbocycles. The van der Waals surface area contributed by atoms with E-state index in [2.05, 4.69) is 25.9 Å². The van der Waals surface area contributed by atoms with Gasteiger partial charge in [0.05, 0.1) is 11.3 Å². The molecule has 2 rings (SSSR count). The maximum Gasteiger partial charge on any atom is 0.339 e. The first-order chi connectivity index (χ1) is 9.40. The van der Waals surface area contributed by atoms with Crippen LogP contribution in [0.15, 0.2) is 28.9 Å². The summed E-state index contributed by atoms with van der Waals surface area (Å²) in [5, 5.41) is 9.13. The van der Waals surface area contributed by atoms with E-state index in [4.69, 9.17) is 5.11 Å². The van der Waals surface area contributed by atoms with Gasteiger partial charge in [0.1, 0.15) is 5.82 Å². The molecule has 0 atom stereocenters. The lowest BCUT2D eigenvalue weighted by Gasteiger charge is -2.11. The minimum Gasteiger partial charge on any atom is -0.478 e. The second kappa shape index (κ2) is 5.66. The van der Waals surface area contributed by atoms with Gasteiger partial charge in [0, 0.05) is 16.2 Å². The van der Waals surface area contributed by atoms with Crippen LogP contribution in [0.2, 0.25) is 0 Å². The van der Waals surface area contributed by atoms with E-state index in [0.717, 1.165) is 0 Å². The standard InChI is InChI=1S/C14H12BrFN2O2/c1-7(2)12-10(14(19)20)6-17-13(18-12)9-5-8(16)3-4-11(9)15/h3-7H,1-2H3,(H,19,20). The summed E-state index contributed by atoms with van der Waals surface area (Å²) in [5.74, 6) is -1.25. The van der Waals surface area contributed by atoms with Gasteiger partial charge in [-0.15, -0.1) is 0 Å². The molecule has 4 nitrogen and oxygen atoms in total. The van der Waals surface area contributed by atoms with Crippen molar-refractivity contribution in [1.29, 1.82) is 0 Å². The fraction of sp³-hybridized carbons (Fsp3) is 0.214. The predicted octanol–water partition coefficient (Wildman–Crippen LogP) is 3.87. The number of aromatic nitrogens is 2. The molecule has 0 unspecified atom stereocenters. The Hall–Kier alpha value is -1.82. The first-order valence-electron chi connectivity index (χ1n) is 5.95. The summed E-state index contributed by atoms with van der Waals surface area (Å²) >= 11 is 3.31. The van der Waals surface area contributed by atoms with Crippen molar-refractivity contribution in [3.05, 3.63) is 45.9 Å². The van der Waals surface area contributed by atoms with Crippen molar-refractivity contribution in [1.82, 2.24) is 9.97 Å². The van der Waals surface area contributed by atoms with Crippen LogP contribution in [0.3, 0.4) is 0 Å². The molecular formula is C14H12BrFN2O2. The Morgan fingerprint density at radius 1 is 1.40 bits per heavy atom. The minimum atomic E-state index is -1.07. The van der Waals surface area contributed by atoms with Crippen molar-refractivity contribution in [3.8, 4) is 11.4 Å². The van der Waals surface area contributed by atoms with Gasteiger partial charge in [-0.05, 0) is 24.1 Å². The molecule has 1 aromatic carbocycles. The summed E-state index contributed by atoms with van der Waals surface area (Å²) in [5.41, 5.74) is 0.985. The smallest absolute Gasteiger partial charge is 0.339 e. The van der Waals surface area contributed by atoms with E-state index in [-0.39, 0.29) is 11.5 Å². The maximum atomic E-state index is 13.3. The fourth-order valence-corrected chi connectivity index (χ4v) is 2.22. The molecule has 1 aromatic heterocycles. The zero-order valence-electron chi connectivity index (χ0n) is 10.9. The molecule has 0 fully saturated rings. The molecule has 0 aliphatic heterocycles. The molecule has 0 saturated heterocycles. The summed E-state index contributed by atoms with van der Waals surface area (Å²) < 4.78 is 14.0. The molecule has 1 heterocycles. The first kappa shape index (κ1) is 14.6. The van der Waals surface area contributed by atoms with E-state index in [1.54, 1.807) is 6.07 Å². The van der Waals surface area contributed by atoms with E-state index in [1.165, 1.54) is 18.3 Å². The van der Waals surface area contributed by atoms with Crippen LogP contribution in [0, 0.1) is 5.82 Å². The van der Waals surface area contributed by atoms with Crippen LogP contribution in [0.4, 0.5) is 4.39 Å². The Morgan fingerprint density at radius 2 is 2.10 bits per heavy atom. The average molecular weight is 339 g/mol. The number of halogens is 2. The lowest BCUT2D eigenvalue weighted by molar-refractivity contribution is 0.0694. The van der Waals surface area contributed by atoms with Crippen molar-refractivity contribution in [3.63, 3.8) is 0 Å². The number of benzene rings is 1. The van der Waals surface area contributed by atoms with Crippen LogP contribution >= 0.6 is 15.9 Å².